The van der Waals surface area contributed by atoms with Crippen molar-refractivity contribution in [3.63, 3.8) is 0 Å². The number of carbonyl (C=O) groups is 2. The van der Waals surface area contributed by atoms with Crippen LogP contribution in [0.5, 0.6) is 0 Å². The van der Waals surface area contributed by atoms with Crippen molar-refractivity contribution in [2.75, 3.05) is 0 Å². The Morgan fingerprint density at radius 3 is 2.10 bits per heavy atom. The molecule has 2 N–H and O–H groups in total. The fraction of sp³-hybridized carbons (Fsp3) is 0.600. The van der Waals surface area contributed by atoms with Crippen molar-refractivity contribution in [2.45, 2.75) is 11.3 Å². The van der Waals surface area contributed by atoms with Gasteiger partial charge < -0.3 is 10.2 Å². The van der Waals surface area contributed by atoms with Gasteiger partial charge in [0, 0.05) is 0 Å². The Kier molecular flexibility index (Phi) is 1.36. The van der Waals surface area contributed by atoms with Crippen LogP contribution in [0.2, 0.25) is 0 Å². The number of halogens is 1. The number of alkyl halides is 1. The van der Waals surface area contributed by atoms with Gasteiger partial charge in [0.05, 0.1) is 5.92 Å². The summed E-state index contributed by atoms with van der Waals surface area (Å²) in [6.45, 7) is 0. The molecule has 0 amide bonds. The first-order valence-corrected chi connectivity index (χ1v) is 3.01. The zero-order valence-corrected chi connectivity index (χ0v) is 5.63. The van der Waals surface area contributed by atoms with E-state index >= 15 is 0 Å². The Labute approximate surface area is 61.4 Å². The molecule has 1 fully saturated rings. The van der Waals surface area contributed by atoms with Gasteiger partial charge in [0.2, 0.25) is 0 Å². The molecule has 0 aliphatic heterocycles. The van der Waals surface area contributed by atoms with Gasteiger partial charge in [0.25, 0.3) is 0 Å². The summed E-state index contributed by atoms with van der Waals surface area (Å²) in [6, 6.07) is 0. The number of aliphatic carboxylic acids is 2. The Morgan fingerprint density at radius 1 is 1.50 bits per heavy atom. The van der Waals surface area contributed by atoms with Crippen molar-refractivity contribution in [3.05, 3.63) is 0 Å². The molecule has 0 unspecified atom stereocenters. The van der Waals surface area contributed by atoms with Crippen molar-refractivity contribution in [1.82, 2.24) is 0 Å². The van der Waals surface area contributed by atoms with Crippen LogP contribution in [0.1, 0.15) is 6.42 Å². The van der Waals surface area contributed by atoms with Crippen LogP contribution in [0.25, 0.3) is 0 Å². The monoisotopic (exact) mass is 164 g/mol. The highest BCUT2D eigenvalue weighted by Crippen LogP contribution is 2.49. The van der Waals surface area contributed by atoms with Gasteiger partial charge >= 0.3 is 11.9 Å². The predicted octanol–water partition coefficient (Wildman–Crippen LogP) is 0.153. The van der Waals surface area contributed by atoms with E-state index in [1.54, 1.807) is 0 Å². The van der Waals surface area contributed by atoms with Crippen LogP contribution in [0.4, 0.5) is 0 Å². The molecule has 0 aromatic carbocycles. The number of carboxylic acid groups (broad SMARTS) is 2. The summed E-state index contributed by atoms with van der Waals surface area (Å²) in [5, 5.41) is 16.6. The van der Waals surface area contributed by atoms with E-state index in [1.807, 2.05) is 0 Å². The molecular weight excluding hydrogens is 160 g/mol. The van der Waals surface area contributed by atoms with Crippen molar-refractivity contribution in [2.24, 2.45) is 5.92 Å². The number of rotatable bonds is 2. The second kappa shape index (κ2) is 1.85. The van der Waals surface area contributed by atoms with E-state index < -0.39 is 22.7 Å². The lowest BCUT2D eigenvalue weighted by atomic mass is 10.3. The third-order valence-corrected chi connectivity index (χ3v) is 2.13. The second-order valence-electron chi connectivity index (χ2n) is 2.26. The van der Waals surface area contributed by atoms with Crippen LogP contribution < -0.4 is 0 Å². The highest BCUT2D eigenvalue weighted by atomic mass is 35.5. The largest absolute Gasteiger partial charge is 0.481 e. The van der Waals surface area contributed by atoms with Gasteiger partial charge in [0.1, 0.15) is 0 Å². The Hall–Kier alpha value is -0.770. The smallest absolute Gasteiger partial charge is 0.325 e. The Morgan fingerprint density at radius 2 is 2.00 bits per heavy atom. The molecule has 0 radical (unpaired) electrons. The lowest BCUT2D eigenvalue weighted by Gasteiger charge is -1.96. The lowest BCUT2D eigenvalue weighted by Crippen LogP contribution is -2.20. The average Bonchev–Trinajstić information content (AvgIpc) is 2.43. The van der Waals surface area contributed by atoms with Gasteiger partial charge in [-0.2, -0.15) is 0 Å². The van der Waals surface area contributed by atoms with Crippen LogP contribution in [0.3, 0.4) is 0 Å². The quantitative estimate of drug-likeness (QED) is 0.570. The van der Waals surface area contributed by atoms with E-state index in [0.717, 1.165) is 0 Å². The normalized spacial score (nSPS) is 37.1. The maximum absolute atomic E-state index is 10.2. The van der Waals surface area contributed by atoms with Gasteiger partial charge in [-0.1, -0.05) is 0 Å². The van der Waals surface area contributed by atoms with Gasteiger partial charge in [-0.25, -0.2) is 0 Å². The van der Waals surface area contributed by atoms with E-state index in [0.29, 0.717) is 0 Å². The minimum Gasteiger partial charge on any atom is -0.481 e. The highest BCUT2D eigenvalue weighted by Gasteiger charge is 2.63. The Bertz CT molecular complexity index is 202. The molecule has 0 bridgehead atoms. The molecule has 0 spiro atoms. The summed E-state index contributed by atoms with van der Waals surface area (Å²) in [5.41, 5.74) is 0. The van der Waals surface area contributed by atoms with Crippen LogP contribution in [0.15, 0.2) is 0 Å². The molecule has 0 saturated heterocycles. The fourth-order valence-corrected chi connectivity index (χ4v) is 1.01. The number of hydrogen-bond acceptors (Lipinski definition) is 2. The molecule has 1 rings (SSSR count). The van der Waals surface area contributed by atoms with Gasteiger partial charge in [0.15, 0.2) is 4.87 Å². The first-order chi connectivity index (χ1) is 4.48. The molecular formula is C5H5ClO4. The predicted molar refractivity (Wildman–Crippen MR) is 32.0 cm³/mol. The molecule has 56 valence electrons. The van der Waals surface area contributed by atoms with Crippen LogP contribution >= 0.6 is 11.6 Å². The molecule has 1 saturated carbocycles. The summed E-state index contributed by atoms with van der Waals surface area (Å²) < 4.78 is 0. The van der Waals surface area contributed by atoms with Gasteiger partial charge in [-0.3, -0.25) is 9.59 Å². The van der Waals surface area contributed by atoms with Gasteiger partial charge in [-0.15, -0.1) is 11.6 Å². The van der Waals surface area contributed by atoms with Crippen molar-refractivity contribution in [1.29, 1.82) is 0 Å². The lowest BCUT2D eigenvalue weighted by molar-refractivity contribution is -0.143. The summed E-state index contributed by atoms with van der Waals surface area (Å²) in [7, 11) is 0. The van der Waals surface area contributed by atoms with E-state index in [1.165, 1.54) is 0 Å². The number of hydrogen-bond donors (Lipinski definition) is 2. The highest BCUT2D eigenvalue weighted by molar-refractivity contribution is 6.38. The second-order valence-corrected chi connectivity index (χ2v) is 2.94. The number of carboxylic acids is 2. The summed E-state index contributed by atoms with van der Waals surface area (Å²) in [4.78, 5) is 18.8. The van der Waals surface area contributed by atoms with Gasteiger partial charge in [-0.05, 0) is 6.42 Å². The van der Waals surface area contributed by atoms with E-state index in [9.17, 15) is 9.59 Å². The van der Waals surface area contributed by atoms with E-state index in [2.05, 4.69) is 0 Å². The van der Waals surface area contributed by atoms with Crippen molar-refractivity contribution >= 4 is 23.5 Å². The SMILES string of the molecule is O=C(O)[C@@H]1C[C@]1(Cl)C(=O)O. The molecule has 0 aromatic heterocycles. The van der Waals surface area contributed by atoms with Crippen molar-refractivity contribution < 1.29 is 19.8 Å². The Balaban J connectivity index is 2.65. The average molecular weight is 165 g/mol. The third-order valence-electron chi connectivity index (χ3n) is 1.55. The zero-order valence-electron chi connectivity index (χ0n) is 4.87. The first kappa shape index (κ1) is 7.34. The van der Waals surface area contributed by atoms with Crippen molar-refractivity contribution in [3.8, 4) is 0 Å². The molecule has 1 aliphatic rings. The molecule has 5 heteroatoms. The summed E-state index contributed by atoms with van der Waals surface area (Å²) in [5.74, 6) is -3.30. The zero-order chi connectivity index (χ0) is 7.94. The third kappa shape index (κ3) is 0.844. The van der Waals surface area contributed by atoms with Crippen LogP contribution in [0, 0.1) is 5.92 Å². The minimum atomic E-state index is -1.52. The molecule has 1 aliphatic carbocycles. The topological polar surface area (TPSA) is 74.6 Å². The van der Waals surface area contributed by atoms with Crippen LogP contribution in [-0.4, -0.2) is 27.0 Å². The molecule has 2 atom stereocenters. The maximum Gasteiger partial charge on any atom is 0.325 e. The van der Waals surface area contributed by atoms with Crippen LogP contribution in [-0.2, 0) is 9.59 Å². The molecule has 0 heterocycles. The molecule has 4 nitrogen and oxygen atoms in total. The summed E-state index contributed by atoms with van der Waals surface area (Å²) in [6.07, 6.45) is 0.0270. The molecule has 0 aromatic rings. The molecule has 10 heavy (non-hydrogen) atoms. The first-order valence-electron chi connectivity index (χ1n) is 2.63. The van der Waals surface area contributed by atoms with E-state index in [-0.39, 0.29) is 6.42 Å². The minimum absolute atomic E-state index is 0.0270. The summed E-state index contributed by atoms with van der Waals surface area (Å²) >= 11 is 5.36. The van der Waals surface area contributed by atoms with E-state index in [4.69, 9.17) is 21.8 Å². The standard InChI is InChI=1S/C5H5ClO4/c6-5(4(9)10)1-2(5)3(7)8/h2H,1H2,(H,7,8)(H,9,10)/t2-,5+/m0/s1. The fourth-order valence-electron chi connectivity index (χ4n) is 0.758. The maximum atomic E-state index is 10.2.